The Labute approximate surface area is 108 Å². The topological polar surface area (TPSA) is 49.9 Å². The molecule has 0 aromatic heterocycles. The molecule has 0 atom stereocenters. The van der Waals surface area contributed by atoms with Gasteiger partial charge in [-0.3, -0.25) is 5.41 Å². The van der Waals surface area contributed by atoms with Crippen LogP contribution >= 0.6 is 0 Å². The fraction of sp³-hybridized carbons (Fsp3) is 0.188. The van der Waals surface area contributed by atoms with Crippen molar-refractivity contribution in [1.82, 2.24) is 0 Å². The van der Waals surface area contributed by atoms with Crippen LogP contribution < -0.4 is 5.73 Å². The number of amidine groups is 1. The van der Waals surface area contributed by atoms with Crippen molar-refractivity contribution in [1.29, 1.82) is 5.41 Å². The summed E-state index contributed by atoms with van der Waals surface area (Å²) >= 11 is 0. The van der Waals surface area contributed by atoms with Gasteiger partial charge < -0.3 is 5.73 Å². The predicted octanol–water partition coefficient (Wildman–Crippen LogP) is 3.56. The Bertz CT molecular complexity index is 554. The number of hydrogen-bond acceptors (Lipinski definition) is 1. The molecule has 1 radical (unpaired) electrons. The van der Waals surface area contributed by atoms with Crippen molar-refractivity contribution in [2.75, 3.05) is 0 Å². The van der Waals surface area contributed by atoms with Gasteiger partial charge in [0.25, 0.3) is 0 Å². The highest BCUT2D eigenvalue weighted by Crippen LogP contribution is 2.22. The summed E-state index contributed by atoms with van der Waals surface area (Å²) in [6, 6.07) is 17.1. The van der Waals surface area contributed by atoms with Gasteiger partial charge in [-0.1, -0.05) is 50.2 Å². The van der Waals surface area contributed by atoms with Gasteiger partial charge in [0.05, 0.1) is 0 Å². The molecule has 91 valence electrons. The van der Waals surface area contributed by atoms with E-state index in [1.54, 1.807) is 6.07 Å². The molecule has 0 saturated heterocycles. The van der Waals surface area contributed by atoms with E-state index in [-0.39, 0.29) is 5.84 Å². The molecule has 0 fully saturated rings. The van der Waals surface area contributed by atoms with Crippen LogP contribution in [0.15, 0.2) is 42.5 Å². The zero-order valence-electron chi connectivity index (χ0n) is 10.7. The van der Waals surface area contributed by atoms with Crippen LogP contribution in [0, 0.1) is 11.5 Å². The van der Waals surface area contributed by atoms with Crippen molar-refractivity contribution in [3.8, 4) is 11.1 Å². The summed E-state index contributed by atoms with van der Waals surface area (Å²) in [5.74, 6) is 0.621. The van der Waals surface area contributed by atoms with E-state index in [2.05, 4.69) is 44.2 Å². The molecular weight excluding hydrogens is 220 g/mol. The highest BCUT2D eigenvalue weighted by molar-refractivity contribution is 5.96. The summed E-state index contributed by atoms with van der Waals surface area (Å²) in [5, 5.41) is 7.45. The average molecular weight is 237 g/mol. The fourth-order valence-electron chi connectivity index (χ4n) is 1.85. The van der Waals surface area contributed by atoms with Gasteiger partial charge in [-0.25, -0.2) is 0 Å². The van der Waals surface area contributed by atoms with Crippen molar-refractivity contribution in [2.45, 2.75) is 19.8 Å². The fourth-order valence-corrected chi connectivity index (χ4v) is 1.85. The number of hydrogen-bond donors (Lipinski definition) is 2. The molecule has 0 heterocycles. The molecular formula is C16H17N2. The second-order valence-electron chi connectivity index (χ2n) is 4.68. The number of benzene rings is 2. The first-order valence-corrected chi connectivity index (χ1v) is 6.04. The lowest BCUT2D eigenvalue weighted by atomic mass is 9.98. The standard InChI is InChI=1S/C16H17N2/c1-11(2)12-6-8-13(9-7-12)14-4-3-5-15(10-14)16(17)18/h3,5-11H,1-2H3,(H3,17,18). The van der Waals surface area contributed by atoms with Crippen molar-refractivity contribution in [3.63, 3.8) is 0 Å². The molecule has 2 aromatic rings. The van der Waals surface area contributed by atoms with Gasteiger partial charge in [-0.05, 0) is 34.7 Å². The average Bonchev–Trinajstić information content (AvgIpc) is 2.39. The zero-order chi connectivity index (χ0) is 13.1. The largest absolute Gasteiger partial charge is 0.384 e. The number of nitrogen functional groups attached to an aromatic ring is 1. The van der Waals surface area contributed by atoms with Crippen molar-refractivity contribution >= 4 is 5.84 Å². The van der Waals surface area contributed by atoms with Gasteiger partial charge >= 0.3 is 0 Å². The quantitative estimate of drug-likeness (QED) is 0.622. The van der Waals surface area contributed by atoms with Crippen LogP contribution in [0.3, 0.4) is 0 Å². The Morgan fingerprint density at radius 2 is 1.83 bits per heavy atom. The lowest BCUT2D eigenvalue weighted by Crippen LogP contribution is -2.10. The lowest BCUT2D eigenvalue weighted by Gasteiger charge is -2.08. The van der Waals surface area contributed by atoms with E-state index in [0.29, 0.717) is 5.92 Å². The maximum atomic E-state index is 7.45. The third-order valence-electron chi connectivity index (χ3n) is 3.00. The molecule has 2 heteroatoms. The molecule has 2 rings (SSSR count). The van der Waals surface area contributed by atoms with Crippen LogP contribution in [0.2, 0.25) is 0 Å². The normalized spacial score (nSPS) is 10.6. The van der Waals surface area contributed by atoms with Gasteiger partial charge in [-0.2, -0.15) is 0 Å². The highest BCUT2D eigenvalue weighted by Gasteiger charge is 2.03. The van der Waals surface area contributed by atoms with Gasteiger partial charge in [0, 0.05) is 5.56 Å². The number of nitrogens with two attached hydrogens (primary N) is 1. The Balaban J connectivity index is 2.36. The Morgan fingerprint density at radius 1 is 1.17 bits per heavy atom. The molecule has 0 saturated carbocycles. The van der Waals surface area contributed by atoms with Crippen molar-refractivity contribution in [2.24, 2.45) is 5.73 Å². The summed E-state index contributed by atoms with van der Waals surface area (Å²) in [4.78, 5) is 0. The summed E-state index contributed by atoms with van der Waals surface area (Å²) in [6.45, 7) is 4.36. The maximum absolute atomic E-state index is 7.45. The van der Waals surface area contributed by atoms with E-state index in [1.165, 1.54) is 5.56 Å². The zero-order valence-corrected chi connectivity index (χ0v) is 10.7. The Hall–Kier alpha value is -2.09. The SMILES string of the molecule is CC(C)c1ccc(-c2[c]ccc(C(=N)N)c2)cc1. The second-order valence-corrected chi connectivity index (χ2v) is 4.68. The molecule has 0 unspecified atom stereocenters. The second kappa shape index (κ2) is 5.05. The van der Waals surface area contributed by atoms with E-state index in [9.17, 15) is 0 Å². The van der Waals surface area contributed by atoms with Gasteiger partial charge in [0.15, 0.2) is 0 Å². The van der Waals surface area contributed by atoms with E-state index in [1.807, 2.05) is 12.1 Å². The minimum atomic E-state index is 0.0871. The van der Waals surface area contributed by atoms with Crippen molar-refractivity contribution < 1.29 is 0 Å². The summed E-state index contributed by atoms with van der Waals surface area (Å²) in [6.07, 6.45) is 0. The third kappa shape index (κ3) is 2.59. The Morgan fingerprint density at radius 3 is 2.39 bits per heavy atom. The molecule has 3 N–H and O–H groups in total. The van der Waals surface area contributed by atoms with E-state index < -0.39 is 0 Å². The summed E-state index contributed by atoms with van der Waals surface area (Å²) < 4.78 is 0. The van der Waals surface area contributed by atoms with Crippen LogP contribution in [0.1, 0.15) is 30.9 Å². The summed E-state index contributed by atoms with van der Waals surface area (Å²) in [5.41, 5.74) is 9.62. The van der Waals surface area contributed by atoms with Crippen LogP contribution in [-0.4, -0.2) is 5.84 Å². The third-order valence-corrected chi connectivity index (χ3v) is 3.00. The first kappa shape index (κ1) is 12.4. The molecule has 2 aromatic carbocycles. The van der Waals surface area contributed by atoms with E-state index in [4.69, 9.17) is 11.1 Å². The molecule has 18 heavy (non-hydrogen) atoms. The van der Waals surface area contributed by atoms with E-state index >= 15 is 0 Å². The van der Waals surface area contributed by atoms with Gasteiger partial charge in [0.2, 0.25) is 0 Å². The van der Waals surface area contributed by atoms with E-state index in [0.717, 1.165) is 16.7 Å². The van der Waals surface area contributed by atoms with Crippen LogP contribution in [-0.2, 0) is 0 Å². The lowest BCUT2D eigenvalue weighted by molar-refractivity contribution is 0.867. The molecule has 0 spiro atoms. The maximum Gasteiger partial charge on any atom is 0.122 e. The van der Waals surface area contributed by atoms with Crippen molar-refractivity contribution in [3.05, 3.63) is 59.7 Å². The first-order valence-electron chi connectivity index (χ1n) is 6.04. The molecule has 0 bridgehead atoms. The first-order chi connectivity index (χ1) is 8.58. The molecule has 0 aliphatic rings. The minimum Gasteiger partial charge on any atom is -0.384 e. The van der Waals surface area contributed by atoms with Crippen LogP contribution in [0.25, 0.3) is 11.1 Å². The summed E-state index contributed by atoms with van der Waals surface area (Å²) in [7, 11) is 0. The number of nitrogens with one attached hydrogen (secondary N) is 1. The smallest absolute Gasteiger partial charge is 0.122 e. The molecule has 0 amide bonds. The highest BCUT2D eigenvalue weighted by atomic mass is 14.7. The van der Waals surface area contributed by atoms with Gasteiger partial charge in [0.1, 0.15) is 5.84 Å². The Kier molecular flexibility index (Phi) is 3.47. The molecule has 2 nitrogen and oxygen atoms in total. The van der Waals surface area contributed by atoms with Crippen LogP contribution in [0.4, 0.5) is 0 Å². The van der Waals surface area contributed by atoms with Crippen LogP contribution in [0.5, 0.6) is 0 Å². The molecule has 0 aliphatic heterocycles. The molecule has 0 aliphatic carbocycles. The van der Waals surface area contributed by atoms with Gasteiger partial charge in [-0.15, -0.1) is 0 Å². The minimum absolute atomic E-state index is 0.0871. The predicted molar refractivity (Wildman–Crippen MR) is 75.8 cm³/mol. The monoisotopic (exact) mass is 237 g/mol. The number of rotatable bonds is 3.